The molecule has 1 rings (SSSR count). The second-order valence-electron chi connectivity index (χ2n) is 4.02. The van der Waals surface area contributed by atoms with E-state index in [-0.39, 0.29) is 11.5 Å². The van der Waals surface area contributed by atoms with E-state index in [0.717, 1.165) is 5.56 Å². The lowest BCUT2D eigenvalue weighted by atomic mass is 9.84. The minimum Gasteiger partial charge on any atom is -0.472 e. The van der Waals surface area contributed by atoms with Gasteiger partial charge in [-0.2, -0.15) is 0 Å². The zero-order valence-electron chi connectivity index (χ0n) is 7.79. The summed E-state index contributed by atoms with van der Waals surface area (Å²) in [7, 11) is 0. The minimum atomic E-state index is 0.0959. The van der Waals surface area contributed by atoms with Crippen LogP contribution in [0.15, 0.2) is 23.0 Å². The maximum Gasteiger partial charge on any atom is 0.0951 e. The average Bonchev–Trinajstić information content (AvgIpc) is 2.38. The van der Waals surface area contributed by atoms with Crippen LogP contribution in [-0.2, 0) is 0 Å². The van der Waals surface area contributed by atoms with Gasteiger partial charge in [0, 0.05) is 5.56 Å². The molecule has 0 aromatic carbocycles. The van der Waals surface area contributed by atoms with Gasteiger partial charge < -0.3 is 4.42 Å². The van der Waals surface area contributed by atoms with E-state index in [0.29, 0.717) is 0 Å². The molecular weight excluding hydrogens is 152 g/mol. The highest BCUT2D eigenvalue weighted by atomic mass is 16.3. The van der Waals surface area contributed by atoms with Crippen LogP contribution in [0.4, 0.5) is 0 Å². The molecule has 3 nitrogen and oxygen atoms in total. The van der Waals surface area contributed by atoms with E-state index in [9.17, 15) is 0 Å². The Hall–Kier alpha value is -0.800. The summed E-state index contributed by atoms with van der Waals surface area (Å²) in [5.41, 5.74) is 3.97. The fourth-order valence-electron chi connectivity index (χ4n) is 1.29. The van der Waals surface area contributed by atoms with Crippen LogP contribution in [0, 0.1) is 5.41 Å². The Morgan fingerprint density at radius 1 is 1.50 bits per heavy atom. The van der Waals surface area contributed by atoms with Crippen molar-refractivity contribution in [1.29, 1.82) is 0 Å². The van der Waals surface area contributed by atoms with Crippen LogP contribution in [0.3, 0.4) is 0 Å². The first kappa shape index (κ1) is 9.29. The SMILES string of the molecule is CC(C)(C)C(NN)c1ccoc1. The van der Waals surface area contributed by atoms with Crippen LogP contribution in [0.25, 0.3) is 0 Å². The second-order valence-corrected chi connectivity index (χ2v) is 4.02. The van der Waals surface area contributed by atoms with Crippen molar-refractivity contribution in [3.63, 3.8) is 0 Å². The Morgan fingerprint density at radius 2 is 2.17 bits per heavy atom. The van der Waals surface area contributed by atoms with Crippen molar-refractivity contribution in [2.75, 3.05) is 0 Å². The van der Waals surface area contributed by atoms with E-state index in [1.54, 1.807) is 12.5 Å². The number of nitrogens with two attached hydrogens (primary N) is 1. The van der Waals surface area contributed by atoms with Gasteiger partial charge in [-0.3, -0.25) is 11.3 Å². The zero-order chi connectivity index (χ0) is 9.19. The smallest absolute Gasteiger partial charge is 0.0951 e. The monoisotopic (exact) mass is 168 g/mol. The van der Waals surface area contributed by atoms with E-state index in [2.05, 4.69) is 26.2 Å². The maximum atomic E-state index is 5.46. The molecule has 3 heteroatoms. The quantitative estimate of drug-likeness (QED) is 0.523. The summed E-state index contributed by atoms with van der Waals surface area (Å²) in [6, 6.07) is 2.06. The van der Waals surface area contributed by atoms with Crippen molar-refractivity contribution >= 4 is 0 Å². The van der Waals surface area contributed by atoms with Crippen molar-refractivity contribution in [2.45, 2.75) is 26.8 Å². The van der Waals surface area contributed by atoms with Gasteiger partial charge in [0.15, 0.2) is 0 Å². The van der Waals surface area contributed by atoms with Gasteiger partial charge in [0.2, 0.25) is 0 Å². The predicted octanol–water partition coefficient (Wildman–Crippen LogP) is 1.83. The maximum absolute atomic E-state index is 5.46. The zero-order valence-corrected chi connectivity index (χ0v) is 7.79. The topological polar surface area (TPSA) is 51.2 Å². The highest BCUT2D eigenvalue weighted by molar-refractivity contribution is 5.13. The molecule has 0 aliphatic rings. The van der Waals surface area contributed by atoms with Gasteiger partial charge in [0.1, 0.15) is 0 Å². The number of hydrogen-bond acceptors (Lipinski definition) is 3. The van der Waals surface area contributed by atoms with Crippen LogP contribution in [0.5, 0.6) is 0 Å². The lowest BCUT2D eigenvalue weighted by Gasteiger charge is -2.28. The molecule has 12 heavy (non-hydrogen) atoms. The number of rotatable bonds is 2. The molecule has 1 atom stereocenters. The lowest BCUT2D eigenvalue weighted by molar-refractivity contribution is 0.274. The molecule has 1 aromatic rings. The number of nitrogens with one attached hydrogen (secondary N) is 1. The first-order chi connectivity index (χ1) is 5.55. The first-order valence-electron chi connectivity index (χ1n) is 4.04. The normalized spacial score (nSPS) is 14.7. The molecule has 0 amide bonds. The van der Waals surface area contributed by atoms with E-state index in [1.165, 1.54) is 0 Å². The third-order valence-electron chi connectivity index (χ3n) is 1.91. The van der Waals surface area contributed by atoms with Crippen LogP contribution in [0.1, 0.15) is 32.4 Å². The summed E-state index contributed by atoms with van der Waals surface area (Å²) < 4.78 is 5.00. The molecule has 0 spiro atoms. The number of furan rings is 1. The summed E-state index contributed by atoms with van der Waals surface area (Å²) in [6.07, 6.45) is 3.38. The van der Waals surface area contributed by atoms with E-state index in [4.69, 9.17) is 10.3 Å². The highest BCUT2D eigenvalue weighted by Gasteiger charge is 2.25. The van der Waals surface area contributed by atoms with Gasteiger partial charge >= 0.3 is 0 Å². The van der Waals surface area contributed by atoms with Gasteiger partial charge in [-0.25, -0.2) is 0 Å². The Balaban J connectivity index is 2.84. The van der Waals surface area contributed by atoms with Crippen LogP contribution in [0.2, 0.25) is 0 Å². The molecule has 0 radical (unpaired) electrons. The Bertz CT molecular complexity index is 223. The van der Waals surface area contributed by atoms with Crippen molar-refractivity contribution in [3.05, 3.63) is 24.2 Å². The molecule has 1 aromatic heterocycles. The summed E-state index contributed by atoms with van der Waals surface area (Å²) >= 11 is 0. The summed E-state index contributed by atoms with van der Waals surface area (Å²) in [5.74, 6) is 5.46. The minimum absolute atomic E-state index is 0.0959. The van der Waals surface area contributed by atoms with Gasteiger partial charge in [0.25, 0.3) is 0 Å². The van der Waals surface area contributed by atoms with Crippen molar-refractivity contribution in [1.82, 2.24) is 5.43 Å². The molecule has 0 bridgehead atoms. The Morgan fingerprint density at radius 3 is 2.50 bits per heavy atom. The number of hydrazine groups is 1. The van der Waals surface area contributed by atoms with Crippen LogP contribution >= 0.6 is 0 Å². The molecule has 0 fully saturated rings. The summed E-state index contributed by atoms with van der Waals surface area (Å²) in [4.78, 5) is 0. The molecular formula is C9H16N2O. The van der Waals surface area contributed by atoms with Crippen LogP contribution < -0.4 is 11.3 Å². The molecule has 3 N–H and O–H groups in total. The van der Waals surface area contributed by atoms with E-state index in [1.807, 2.05) is 6.07 Å². The van der Waals surface area contributed by atoms with Crippen LogP contribution in [-0.4, -0.2) is 0 Å². The van der Waals surface area contributed by atoms with Gasteiger partial charge in [0.05, 0.1) is 18.6 Å². The summed E-state index contributed by atoms with van der Waals surface area (Å²) in [5, 5.41) is 0. The largest absolute Gasteiger partial charge is 0.472 e. The fraction of sp³-hybridized carbons (Fsp3) is 0.556. The van der Waals surface area contributed by atoms with Crippen molar-refractivity contribution in [3.8, 4) is 0 Å². The molecule has 0 aliphatic carbocycles. The average molecular weight is 168 g/mol. The molecule has 0 aliphatic heterocycles. The predicted molar refractivity (Wildman–Crippen MR) is 48.2 cm³/mol. The Labute approximate surface area is 72.9 Å². The molecule has 1 heterocycles. The third-order valence-corrected chi connectivity index (χ3v) is 1.91. The molecule has 0 saturated carbocycles. The molecule has 1 unspecified atom stereocenters. The van der Waals surface area contributed by atoms with Gasteiger partial charge in [-0.1, -0.05) is 20.8 Å². The highest BCUT2D eigenvalue weighted by Crippen LogP contribution is 2.31. The third kappa shape index (κ3) is 1.87. The fourth-order valence-corrected chi connectivity index (χ4v) is 1.29. The second kappa shape index (κ2) is 3.29. The van der Waals surface area contributed by atoms with Gasteiger partial charge in [-0.05, 0) is 11.5 Å². The van der Waals surface area contributed by atoms with Crippen molar-refractivity contribution in [2.24, 2.45) is 11.3 Å². The lowest BCUT2D eigenvalue weighted by Crippen LogP contribution is -2.36. The first-order valence-corrected chi connectivity index (χ1v) is 4.04. The number of hydrogen-bond donors (Lipinski definition) is 2. The Kier molecular flexibility index (Phi) is 2.55. The van der Waals surface area contributed by atoms with Gasteiger partial charge in [-0.15, -0.1) is 0 Å². The van der Waals surface area contributed by atoms with E-state index < -0.39 is 0 Å². The van der Waals surface area contributed by atoms with Crippen molar-refractivity contribution < 1.29 is 4.42 Å². The molecule has 68 valence electrons. The summed E-state index contributed by atoms with van der Waals surface area (Å²) in [6.45, 7) is 6.39. The van der Waals surface area contributed by atoms with E-state index >= 15 is 0 Å². The molecule has 0 saturated heterocycles. The standard InChI is InChI=1S/C9H16N2O/c1-9(2,3)8(11-10)7-4-5-12-6-7/h4-6,8,11H,10H2,1-3H3.